The van der Waals surface area contributed by atoms with Gasteiger partial charge < -0.3 is 4.57 Å². The number of hydrogen-bond donors (Lipinski definition) is 0. The Hall–Kier alpha value is -3.87. The molecular weight excluding hydrogens is 403 g/mol. The van der Waals surface area contributed by atoms with E-state index < -0.39 is 11.7 Å². The van der Waals surface area contributed by atoms with Crippen molar-refractivity contribution >= 4 is 16.3 Å². The molecule has 5 rings (SSSR count). The first kappa shape index (κ1) is 19.1. The van der Waals surface area contributed by atoms with Gasteiger partial charge in [0.1, 0.15) is 5.52 Å². The van der Waals surface area contributed by atoms with Crippen molar-refractivity contribution in [3.8, 4) is 11.3 Å². The molecule has 0 radical (unpaired) electrons. The Balaban J connectivity index is 1.56. The van der Waals surface area contributed by atoms with Crippen molar-refractivity contribution in [3.63, 3.8) is 0 Å². The van der Waals surface area contributed by atoms with Gasteiger partial charge in [-0.25, -0.2) is 4.52 Å². The molecule has 7 heteroatoms. The van der Waals surface area contributed by atoms with Crippen LogP contribution in [0, 0.1) is 0 Å². The highest BCUT2D eigenvalue weighted by molar-refractivity contribution is 5.96. The van der Waals surface area contributed by atoms with Crippen molar-refractivity contribution in [3.05, 3.63) is 107 Å². The third kappa shape index (κ3) is 3.48. The zero-order valence-electron chi connectivity index (χ0n) is 16.2. The maximum Gasteiger partial charge on any atom is 0.416 e. The molecule has 0 aliphatic heterocycles. The molecule has 0 unspecified atom stereocenters. The van der Waals surface area contributed by atoms with E-state index in [1.54, 1.807) is 18.3 Å². The highest BCUT2D eigenvalue weighted by Gasteiger charge is 2.30. The molecule has 0 aliphatic carbocycles. The van der Waals surface area contributed by atoms with Crippen LogP contribution in [0.3, 0.4) is 0 Å². The molecule has 0 N–H and O–H groups in total. The lowest BCUT2D eigenvalue weighted by Gasteiger charge is -2.10. The third-order valence-corrected chi connectivity index (χ3v) is 5.28. The van der Waals surface area contributed by atoms with Crippen LogP contribution in [-0.2, 0) is 12.7 Å². The Bertz CT molecular complexity index is 1480. The fraction of sp³-hybridized carbons (Fsp3) is 0.0833. The van der Waals surface area contributed by atoms with E-state index in [4.69, 9.17) is 0 Å². The normalized spacial score (nSPS) is 12.0. The fourth-order valence-corrected chi connectivity index (χ4v) is 3.77. The molecule has 0 saturated carbocycles. The highest BCUT2D eigenvalue weighted by Crippen LogP contribution is 2.30. The lowest BCUT2D eigenvalue weighted by Crippen LogP contribution is -2.22. The van der Waals surface area contributed by atoms with Gasteiger partial charge in [-0.05, 0) is 34.5 Å². The number of aromatic nitrogens is 3. The lowest BCUT2D eigenvalue weighted by atomic mass is 10.0. The standard InChI is InChI=1S/C24H16F3N3O/c25-24(26,27)18-8-3-5-16(13-18)15-29-11-12-30-22(23(29)31)14-21(28-30)20-10-4-7-17-6-1-2-9-19(17)20/h1-14H,15H2. The maximum absolute atomic E-state index is 13.0. The number of hydrogen-bond acceptors (Lipinski definition) is 2. The first-order valence-corrected chi connectivity index (χ1v) is 9.63. The van der Waals surface area contributed by atoms with Crippen LogP contribution in [0.1, 0.15) is 11.1 Å². The molecule has 2 heterocycles. The molecule has 4 nitrogen and oxygen atoms in total. The van der Waals surface area contributed by atoms with E-state index in [1.807, 2.05) is 42.5 Å². The zero-order chi connectivity index (χ0) is 21.6. The van der Waals surface area contributed by atoms with Crippen molar-refractivity contribution in [2.75, 3.05) is 0 Å². The van der Waals surface area contributed by atoms with Crippen LogP contribution in [0.15, 0.2) is 90.0 Å². The van der Waals surface area contributed by atoms with Gasteiger partial charge >= 0.3 is 6.18 Å². The SMILES string of the molecule is O=c1c2cc(-c3cccc4ccccc34)nn2ccn1Cc1cccc(C(F)(F)F)c1. The first-order valence-electron chi connectivity index (χ1n) is 9.63. The molecular formula is C24H16F3N3O. The molecule has 2 aromatic heterocycles. The minimum Gasteiger partial charge on any atom is -0.308 e. The number of rotatable bonds is 3. The summed E-state index contributed by atoms with van der Waals surface area (Å²) in [5.74, 6) is 0. The molecule has 0 spiro atoms. The number of fused-ring (bicyclic) bond motifs is 2. The van der Waals surface area contributed by atoms with Crippen LogP contribution >= 0.6 is 0 Å². The summed E-state index contributed by atoms with van der Waals surface area (Å²) in [6, 6.07) is 20.5. The molecule has 154 valence electrons. The summed E-state index contributed by atoms with van der Waals surface area (Å²) >= 11 is 0. The van der Waals surface area contributed by atoms with Crippen molar-refractivity contribution in [2.24, 2.45) is 0 Å². The minimum atomic E-state index is -4.43. The number of nitrogens with zero attached hydrogens (tertiary/aromatic N) is 3. The van der Waals surface area contributed by atoms with Gasteiger partial charge in [0.2, 0.25) is 0 Å². The fourth-order valence-electron chi connectivity index (χ4n) is 3.77. The van der Waals surface area contributed by atoms with Crippen LogP contribution in [-0.4, -0.2) is 14.2 Å². The Morgan fingerprint density at radius 3 is 2.48 bits per heavy atom. The van der Waals surface area contributed by atoms with E-state index in [0.29, 0.717) is 16.8 Å². The molecule has 0 fully saturated rings. The van der Waals surface area contributed by atoms with Gasteiger partial charge in [-0.2, -0.15) is 18.3 Å². The van der Waals surface area contributed by atoms with E-state index in [0.717, 1.165) is 28.5 Å². The van der Waals surface area contributed by atoms with E-state index in [1.165, 1.54) is 21.3 Å². The van der Waals surface area contributed by atoms with Gasteiger partial charge in [0.05, 0.1) is 17.8 Å². The average Bonchev–Trinajstić information content (AvgIpc) is 3.20. The Kier molecular flexibility index (Phi) is 4.39. The van der Waals surface area contributed by atoms with Crippen molar-refractivity contribution in [1.29, 1.82) is 0 Å². The second-order valence-corrected chi connectivity index (χ2v) is 7.32. The van der Waals surface area contributed by atoms with Gasteiger partial charge in [0.25, 0.3) is 5.56 Å². The monoisotopic (exact) mass is 419 g/mol. The lowest BCUT2D eigenvalue weighted by molar-refractivity contribution is -0.137. The van der Waals surface area contributed by atoms with Gasteiger partial charge in [-0.3, -0.25) is 4.79 Å². The molecule has 0 bridgehead atoms. The maximum atomic E-state index is 13.0. The molecule has 0 saturated heterocycles. The van der Waals surface area contributed by atoms with Gasteiger partial charge in [-0.1, -0.05) is 54.6 Å². The summed E-state index contributed by atoms with van der Waals surface area (Å²) in [7, 11) is 0. The molecule has 0 amide bonds. The second kappa shape index (κ2) is 7.12. The molecule has 31 heavy (non-hydrogen) atoms. The molecule has 0 aliphatic rings. The van der Waals surface area contributed by atoms with Gasteiger partial charge in [0, 0.05) is 18.0 Å². The van der Waals surface area contributed by atoms with Crippen LogP contribution in [0.4, 0.5) is 13.2 Å². The number of halogens is 3. The number of benzene rings is 3. The van der Waals surface area contributed by atoms with Crippen LogP contribution in [0.5, 0.6) is 0 Å². The second-order valence-electron chi connectivity index (χ2n) is 7.32. The van der Waals surface area contributed by atoms with Crippen molar-refractivity contribution < 1.29 is 13.2 Å². The first-order chi connectivity index (χ1) is 14.9. The summed E-state index contributed by atoms with van der Waals surface area (Å²) in [4.78, 5) is 13.0. The quantitative estimate of drug-likeness (QED) is 0.394. The van der Waals surface area contributed by atoms with E-state index in [-0.39, 0.29) is 12.1 Å². The van der Waals surface area contributed by atoms with Gasteiger partial charge in [-0.15, -0.1) is 0 Å². The van der Waals surface area contributed by atoms with Crippen molar-refractivity contribution in [2.45, 2.75) is 12.7 Å². The number of alkyl halides is 3. The third-order valence-electron chi connectivity index (χ3n) is 5.28. The van der Waals surface area contributed by atoms with Crippen molar-refractivity contribution in [1.82, 2.24) is 14.2 Å². The molecule has 0 atom stereocenters. The summed E-state index contributed by atoms with van der Waals surface area (Å²) in [6.45, 7) is 0.0357. The average molecular weight is 419 g/mol. The topological polar surface area (TPSA) is 39.3 Å². The predicted octanol–water partition coefficient (Wildman–Crippen LogP) is 5.38. The summed E-state index contributed by atoms with van der Waals surface area (Å²) < 4.78 is 41.9. The highest BCUT2D eigenvalue weighted by atomic mass is 19.4. The Morgan fingerprint density at radius 2 is 1.65 bits per heavy atom. The van der Waals surface area contributed by atoms with Crippen LogP contribution in [0.25, 0.3) is 27.5 Å². The summed E-state index contributed by atoms with van der Waals surface area (Å²) in [6.07, 6.45) is -1.25. The zero-order valence-corrected chi connectivity index (χ0v) is 16.2. The van der Waals surface area contributed by atoms with E-state index >= 15 is 0 Å². The van der Waals surface area contributed by atoms with E-state index in [2.05, 4.69) is 5.10 Å². The molecule has 3 aromatic carbocycles. The van der Waals surface area contributed by atoms with E-state index in [9.17, 15) is 18.0 Å². The minimum absolute atomic E-state index is 0.0357. The smallest absolute Gasteiger partial charge is 0.308 e. The molecule has 5 aromatic rings. The van der Waals surface area contributed by atoms with Crippen LogP contribution in [0.2, 0.25) is 0 Å². The Labute approximate surface area is 174 Å². The largest absolute Gasteiger partial charge is 0.416 e. The summed E-state index contributed by atoms with van der Waals surface area (Å²) in [5.41, 5.74) is 1.27. The van der Waals surface area contributed by atoms with Gasteiger partial charge in [0.15, 0.2) is 0 Å². The summed E-state index contributed by atoms with van der Waals surface area (Å²) in [5, 5.41) is 6.64. The predicted molar refractivity (Wildman–Crippen MR) is 113 cm³/mol. The van der Waals surface area contributed by atoms with Crippen LogP contribution < -0.4 is 5.56 Å². The Morgan fingerprint density at radius 1 is 0.871 bits per heavy atom.